The molecule has 0 spiro atoms. The van der Waals surface area contributed by atoms with E-state index < -0.39 is 0 Å². The maximum absolute atomic E-state index is 6.00. The van der Waals surface area contributed by atoms with E-state index in [0.717, 1.165) is 29.4 Å². The molecule has 0 radical (unpaired) electrons. The Hall–Kier alpha value is -0.870. The molecule has 0 bridgehead atoms. The van der Waals surface area contributed by atoms with Gasteiger partial charge in [-0.2, -0.15) is 0 Å². The molecule has 0 amide bonds. The normalized spacial score (nSPS) is 17.7. The van der Waals surface area contributed by atoms with Crippen molar-refractivity contribution in [3.05, 3.63) is 16.3 Å². The number of nitrogens with zero attached hydrogens (tertiary/aromatic N) is 4. The molecule has 106 valence electrons. The van der Waals surface area contributed by atoms with Crippen LogP contribution in [-0.4, -0.2) is 48.8 Å². The summed E-state index contributed by atoms with van der Waals surface area (Å²) in [4.78, 5) is 4.62. The molecular formula is C14H23ClN4. The summed E-state index contributed by atoms with van der Waals surface area (Å²) in [5.74, 6) is 1.71. The van der Waals surface area contributed by atoms with Crippen molar-refractivity contribution in [2.45, 2.75) is 26.7 Å². The van der Waals surface area contributed by atoms with Crippen LogP contribution in [0.2, 0.25) is 5.15 Å². The summed E-state index contributed by atoms with van der Waals surface area (Å²) in [6.45, 7) is 7.51. The molecule has 1 aliphatic heterocycles. The van der Waals surface area contributed by atoms with Crippen LogP contribution in [0.25, 0.3) is 0 Å². The van der Waals surface area contributed by atoms with Crippen molar-refractivity contribution in [2.24, 2.45) is 5.92 Å². The Morgan fingerprint density at radius 3 is 2.47 bits per heavy atom. The van der Waals surface area contributed by atoms with Gasteiger partial charge in [-0.1, -0.05) is 11.6 Å². The number of hydrogen-bond donors (Lipinski definition) is 0. The molecule has 1 aliphatic rings. The smallest absolute Gasteiger partial charge is 0.155 e. The highest BCUT2D eigenvalue weighted by Gasteiger charge is 2.20. The van der Waals surface area contributed by atoms with Gasteiger partial charge in [-0.3, -0.25) is 0 Å². The van der Waals surface area contributed by atoms with Crippen LogP contribution in [0.5, 0.6) is 0 Å². The van der Waals surface area contributed by atoms with Crippen LogP contribution in [0.4, 0.5) is 5.82 Å². The van der Waals surface area contributed by atoms with Gasteiger partial charge in [0, 0.05) is 13.6 Å². The summed E-state index contributed by atoms with van der Waals surface area (Å²) in [6.07, 6.45) is 2.53. The van der Waals surface area contributed by atoms with Gasteiger partial charge in [-0.15, -0.1) is 10.2 Å². The number of likely N-dealkylation sites (tertiary alicyclic amines) is 1. The fourth-order valence-electron chi connectivity index (χ4n) is 2.64. The predicted octanol–water partition coefficient (Wildman–Crippen LogP) is 2.52. The minimum atomic E-state index is 0.508. The molecule has 1 saturated heterocycles. The first-order chi connectivity index (χ1) is 8.99. The molecule has 2 rings (SSSR count). The fourth-order valence-corrected chi connectivity index (χ4v) is 2.82. The number of piperidine rings is 1. The first kappa shape index (κ1) is 14.5. The zero-order chi connectivity index (χ0) is 14.0. The average molecular weight is 283 g/mol. The Labute approximate surface area is 120 Å². The highest BCUT2D eigenvalue weighted by Crippen LogP contribution is 2.25. The standard InChI is InChI=1S/C14H23ClN4/c1-10-11(2)14(17-16-13(10)15)19(4)9-12-5-7-18(3)8-6-12/h12H,5-9H2,1-4H3. The van der Waals surface area contributed by atoms with Crippen LogP contribution in [0.15, 0.2) is 0 Å². The van der Waals surface area contributed by atoms with E-state index in [0.29, 0.717) is 5.15 Å². The largest absolute Gasteiger partial charge is 0.358 e. The molecule has 1 aromatic heterocycles. The Kier molecular flexibility index (Phi) is 4.63. The number of anilines is 1. The maximum atomic E-state index is 6.00. The molecule has 2 heterocycles. The average Bonchev–Trinajstić information content (AvgIpc) is 2.39. The topological polar surface area (TPSA) is 32.3 Å². The van der Waals surface area contributed by atoms with Crippen LogP contribution in [0.3, 0.4) is 0 Å². The summed E-state index contributed by atoms with van der Waals surface area (Å²) in [6, 6.07) is 0. The Morgan fingerprint density at radius 2 is 1.84 bits per heavy atom. The van der Waals surface area contributed by atoms with Gasteiger partial charge in [0.1, 0.15) is 0 Å². The van der Waals surface area contributed by atoms with Crippen molar-refractivity contribution in [3.8, 4) is 0 Å². The second kappa shape index (κ2) is 6.06. The minimum absolute atomic E-state index is 0.508. The van der Waals surface area contributed by atoms with E-state index in [9.17, 15) is 0 Å². The molecule has 0 N–H and O–H groups in total. The van der Waals surface area contributed by atoms with Crippen molar-refractivity contribution < 1.29 is 0 Å². The number of hydrogen-bond acceptors (Lipinski definition) is 4. The van der Waals surface area contributed by atoms with Gasteiger partial charge in [0.15, 0.2) is 11.0 Å². The maximum Gasteiger partial charge on any atom is 0.155 e. The van der Waals surface area contributed by atoms with Crippen LogP contribution < -0.4 is 4.90 Å². The fraction of sp³-hybridized carbons (Fsp3) is 0.714. The van der Waals surface area contributed by atoms with Crippen LogP contribution in [0.1, 0.15) is 24.0 Å². The first-order valence-electron chi connectivity index (χ1n) is 6.88. The van der Waals surface area contributed by atoms with Crippen molar-refractivity contribution in [3.63, 3.8) is 0 Å². The third kappa shape index (κ3) is 3.37. The van der Waals surface area contributed by atoms with E-state index in [1.807, 2.05) is 6.92 Å². The van der Waals surface area contributed by atoms with E-state index in [4.69, 9.17) is 11.6 Å². The van der Waals surface area contributed by atoms with E-state index in [2.05, 4.69) is 41.0 Å². The second-order valence-electron chi connectivity index (χ2n) is 5.69. The van der Waals surface area contributed by atoms with Gasteiger partial charge in [0.25, 0.3) is 0 Å². The highest BCUT2D eigenvalue weighted by atomic mass is 35.5. The second-order valence-corrected chi connectivity index (χ2v) is 6.05. The van der Waals surface area contributed by atoms with Gasteiger partial charge >= 0.3 is 0 Å². The van der Waals surface area contributed by atoms with E-state index >= 15 is 0 Å². The molecule has 1 fully saturated rings. The van der Waals surface area contributed by atoms with Gasteiger partial charge in [0.2, 0.25) is 0 Å². The summed E-state index contributed by atoms with van der Waals surface area (Å²) in [7, 11) is 4.29. The molecule has 0 saturated carbocycles. The van der Waals surface area contributed by atoms with E-state index in [1.165, 1.54) is 25.9 Å². The lowest BCUT2D eigenvalue weighted by Gasteiger charge is -2.32. The van der Waals surface area contributed by atoms with Gasteiger partial charge in [-0.05, 0) is 63.9 Å². The molecule has 0 aliphatic carbocycles. The van der Waals surface area contributed by atoms with Gasteiger partial charge in [0.05, 0.1) is 0 Å². The summed E-state index contributed by atoms with van der Waals surface area (Å²) in [5, 5.41) is 8.79. The molecule has 0 unspecified atom stereocenters. The monoisotopic (exact) mass is 282 g/mol. The summed E-state index contributed by atoms with van der Waals surface area (Å²) >= 11 is 6.00. The molecule has 4 nitrogen and oxygen atoms in total. The predicted molar refractivity (Wildman–Crippen MR) is 80.0 cm³/mol. The highest BCUT2D eigenvalue weighted by molar-refractivity contribution is 6.30. The molecular weight excluding hydrogens is 260 g/mol. The van der Waals surface area contributed by atoms with Crippen molar-refractivity contribution >= 4 is 17.4 Å². The van der Waals surface area contributed by atoms with Crippen molar-refractivity contribution in [2.75, 3.05) is 38.6 Å². The quantitative estimate of drug-likeness (QED) is 0.853. The van der Waals surface area contributed by atoms with Crippen LogP contribution in [-0.2, 0) is 0 Å². The lowest BCUT2D eigenvalue weighted by molar-refractivity contribution is 0.222. The Morgan fingerprint density at radius 1 is 1.21 bits per heavy atom. The van der Waals surface area contributed by atoms with Gasteiger partial charge < -0.3 is 9.80 Å². The number of halogens is 1. The molecule has 1 aromatic rings. The van der Waals surface area contributed by atoms with Crippen LogP contribution in [0, 0.1) is 19.8 Å². The first-order valence-corrected chi connectivity index (χ1v) is 7.26. The third-order valence-corrected chi connectivity index (χ3v) is 4.53. The third-order valence-electron chi connectivity index (χ3n) is 4.17. The zero-order valence-corrected chi connectivity index (χ0v) is 13.0. The van der Waals surface area contributed by atoms with E-state index in [-0.39, 0.29) is 0 Å². The van der Waals surface area contributed by atoms with E-state index in [1.54, 1.807) is 0 Å². The van der Waals surface area contributed by atoms with Gasteiger partial charge in [-0.25, -0.2) is 0 Å². The van der Waals surface area contributed by atoms with Crippen LogP contribution >= 0.6 is 11.6 Å². The van der Waals surface area contributed by atoms with Crippen molar-refractivity contribution in [1.82, 2.24) is 15.1 Å². The summed E-state index contributed by atoms with van der Waals surface area (Å²) < 4.78 is 0. The Balaban J connectivity index is 2.04. The SMILES string of the molecule is Cc1c(Cl)nnc(N(C)CC2CCN(C)CC2)c1C. The lowest BCUT2D eigenvalue weighted by Crippen LogP contribution is -2.36. The number of aromatic nitrogens is 2. The molecule has 0 aromatic carbocycles. The minimum Gasteiger partial charge on any atom is -0.358 e. The van der Waals surface area contributed by atoms with Crippen molar-refractivity contribution in [1.29, 1.82) is 0 Å². The lowest BCUT2D eigenvalue weighted by atomic mass is 9.96. The number of rotatable bonds is 3. The summed E-state index contributed by atoms with van der Waals surface area (Å²) in [5.41, 5.74) is 2.16. The zero-order valence-electron chi connectivity index (χ0n) is 12.3. The molecule has 5 heteroatoms. The molecule has 0 atom stereocenters. The Bertz CT molecular complexity index is 441. The molecule has 19 heavy (non-hydrogen) atoms.